The van der Waals surface area contributed by atoms with Crippen LogP contribution in [-0.2, 0) is 0 Å². The molecule has 8 rings (SSSR count). The molecule has 2 bridgehead atoms. The van der Waals surface area contributed by atoms with Crippen molar-refractivity contribution >= 4 is 27.6 Å². The van der Waals surface area contributed by atoms with Crippen LogP contribution in [0.15, 0.2) is 71.5 Å². The molecule has 3 aromatic carbocycles. The molecule has 0 spiro atoms. The van der Waals surface area contributed by atoms with Crippen LogP contribution in [-0.4, -0.2) is 52.6 Å². The predicted octanol–water partition coefficient (Wildman–Crippen LogP) is 5.25. The first-order valence-corrected chi connectivity index (χ1v) is 13.0. The molecule has 1 atom stereocenters. The van der Waals surface area contributed by atoms with E-state index in [9.17, 15) is 4.79 Å². The number of hydrogen-bond donors (Lipinski definition) is 3. The van der Waals surface area contributed by atoms with Crippen LogP contribution in [0.4, 0.5) is 5.69 Å². The molecule has 3 saturated heterocycles. The Hall–Kier alpha value is -4.10. The van der Waals surface area contributed by atoms with Gasteiger partial charge < -0.3 is 24.9 Å². The van der Waals surface area contributed by atoms with Crippen molar-refractivity contribution in [3.8, 4) is 28.3 Å². The number of methoxy groups -OCH3 is 1. The van der Waals surface area contributed by atoms with Gasteiger partial charge in [0.15, 0.2) is 0 Å². The van der Waals surface area contributed by atoms with Crippen LogP contribution in [0.3, 0.4) is 0 Å². The quantitative estimate of drug-likeness (QED) is 0.313. The standard InChI is InChI=1S/C30H29N5O2/c1-37-26-9-5-2-6-20(26)19-10-11-21-24(16-19)34-30(36)27(29-32-22-7-3-4-8-23(22)33-29)28(21)31-25-17-35-14-12-18(25)13-15-35/h2-11,16,18,25H,12-15,17H2,1H3,(H,32,33)(H2,31,34,36)/t25-/m0/s1. The molecule has 7 heteroatoms. The first kappa shape index (κ1) is 22.1. The number of aromatic nitrogens is 3. The van der Waals surface area contributed by atoms with Crippen molar-refractivity contribution < 1.29 is 4.74 Å². The fourth-order valence-electron chi connectivity index (χ4n) is 6.11. The van der Waals surface area contributed by atoms with Crippen molar-refractivity contribution in [2.45, 2.75) is 18.9 Å². The van der Waals surface area contributed by atoms with Crippen molar-refractivity contribution in [3.05, 3.63) is 77.1 Å². The second kappa shape index (κ2) is 8.78. The van der Waals surface area contributed by atoms with Gasteiger partial charge in [-0.05, 0) is 61.7 Å². The minimum absolute atomic E-state index is 0.160. The van der Waals surface area contributed by atoms with Gasteiger partial charge >= 0.3 is 0 Å². The Morgan fingerprint density at radius 3 is 2.57 bits per heavy atom. The number of hydrogen-bond acceptors (Lipinski definition) is 5. The van der Waals surface area contributed by atoms with E-state index in [0.717, 1.165) is 64.1 Å². The molecule has 5 heterocycles. The highest BCUT2D eigenvalue weighted by molar-refractivity contribution is 6.01. The molecule has 3 N–H and O–H groups in total. The van der Waals surface area contributed by atoms with Crippen LogP contribution in [0.25, 0.3) is 44.5 Å². The monoisotopic (exact) mass is 491 g/mol. The highest BCUT2D eigenvalue weighted by atomic mass is 16.5. The van der Waals surface area contributed by atoms with E-state index in [1.807, 2.05) is 54.6 Å². The molecule has 0 amide bonds. The molecule has 2 aromatic heterocycles. The van der Waals surface area contributed by atoms with E-state index in [4.69, 9.17) is 9.72 Å². The van der Waals surface area contributed by atoms with E-state index < -0.39 is 0 Å². The number of fused-ring (bicyclic) bond motifs is 5. The Kier molecular flexibility index (Phi) is 5.25. The largest absolute Gasteiger partial charge is 0.496 e. The Balaban J connectivity index is 1.42. The van der Waals surface area contributed by atoms with Crippen molar-refractivity contribution in [1.82, 2.24) is 19.9 Å². The van der Waals surface area contributed by atoms with Gasteiger partial charge in [0.1, 0.15) is 17.1 Å². The van der Waals surface area contributed by atoms with Gasteiger partial charge in [0.2, 0.25) is 0 Å². The van der Waals surface area contributed by atoms with E-state index in [1.165, 1.54) is 12.8 Å². The molecule has 37 heavy (non-hydrogen) atoms. The Morgan fingerprint density at radius 2 is 1.78 bits per heavy atom. The topological polar surface area (TPSA) is 86.0 Å². The molecule has 7 nitrogen and oxygen atoms in total. The van der Waals surface area contributed by atoms with Gasteiger partial charge in [-0.15, -0.1) is 0 Å². The fourth-order valence-corrected chi connectivity index (χ4v) is 6.11. The van der Waals surface area contributed by atoms with Gasteiger partial charge in [-0.2, -0.15) is 0 Å². The average molecular weight is 492 g/mol. The molecule has 3 fully saturated rings. The Bertz CT molecular complexity index is 1650. The van der Waals surface area contributed by atoms with Crippen LogP contribution in [0.2, 0.25) is 0 Å². The number of piperidine rings is 3. The normalized spacial score (nSPS) is 20.9. The van der Waals surface area contributed by atoms with Crippen LogP contribution in [0.5, 0.6) is 5.75 Å². The third-order valence-corrected chi connectivity index (χ3v) is 8.04. The summed E-state index contributed by atoms with van der Waals surface area (Å²) in [7, 11) is 1.68. The minimum atomic E-state index is -0.160. The van der Waals surface area contributed by atoms with E-state index >= 15 is 0 Å². The Labute approximate surface area is 214 Å². The van der Waals surface area contributed by atoms with Crippen molar-refractivity contribution in [1.29, 1.82) is 0 Å². The summed E-state index contributed by atoms with van der Waals surface area (Å²) in [5, 5.41) is 4.82. The number of imidazole rings is 1. The maximum absolute atomic E-state index is 13.7. The number of pyridine rings is 1. The number of anilines is 1. The molecule has 0 aliphatic carbocycles. The number of aromatic amines is 2. The zero-order chi connectivity index (χ0) is 24.9. The number of H-pyrrole nitrogens is 2. The third-order valence-electron chi connectivity index (χ3n) is 8.04. The highest BCUT2D eigenvalue weighted by Gasteiger charge is 2.35. The summed E-state index contributed by atoms with van der Waals surface area (Å²) in [6.45, 7) is 3.33. The minimum Gasteiger partial charge on any atom is -0.496 e. The summed E-state index contributed by atoms with van der Waals surface area (Å²) < 4.78 is 5.59. The van der Waals surface area contributed by atoms with E-state index in [-0.39, 0.29) is 5.56 Å². The average Bonchev–Trinajstić information content (AvgIpc) is 3.37. The molecule has 3 aliphatic heterocycles. The number of rotatable bonds is 5. The van der Waals surface area contributed by atoms with E-state index in [2.05, 4.69) is 32.3 Å². The van der Waals surface area contributed by atoms with Gasteiger partial charge in [0.05, 0.1) is 29.3 Å². The van der Waals surface area contributed by atoms with Crippen molar-refractivity contribution in [2.75, 3.05) is 32.1 Å². The van der Waals surface area contributed by atoms with E-state index in [0.29, 0.717) is 23.3 Å². The summed E-state index contributed by atoms with van der Waals surface area (Å²) in [5.74, 6) is 1.99. The summed E-state index contributed by atoms with van der Waals surface area (Å²) in [4.78, 5) is 27.6. The molecule has 0 radical (unpaired) electrons. The summed E-state index contributed by atoms with van der Waals surface area (Å²) >= 11 is 0. The lowest BCUT2D eigenvalue weighted by molar-refractivity contribution is 0.0976. The van der Waals surface area contributed by atoms with E-state index in [1.54, 1.807) is 7.11 Å². The molecule has 5 aromatic rings. The molecule has 0 unspecified atom stereocenters. The SMILES string of the molecule is COc1ccccc1-c1ccc2c(N[C@H]3CN4CCC3CC4)c(-c3nc4ccccc4[nH]3)c(=O)[nH]c2c1. The molecule has 3 aliphatic rings. The smallest absolute Gasteiger partial charge is 0.261 e. The van der Waals surface area contributed by atoms with Crippen molar-refractivity contribution in [3.63, 3.8) is 0 Å². The molecule has 186 valence electrons. The number of para-hydroxylation sites is 3. The highest BCUT2D eigenvalue weighted by Crippen LogP contribution is 2.38. The predicted molar refractivity (Wildman–Crippen MR) is 148 cm³/mol. The number of benzene rings is 3. The van der Waals surface area contributed by atoms with Gasteiger partial charge in [0, 0.05) is 23.5 Å². The van der Waals surface area contributed by atoms with Crippen LogP contribution >= 0.6 is 0 Å². The third kappa shape index (κ3) is 3.78. The van der Waals surface area contributed by atoms with Gasteiger partial charge in [-0.25, -0.2) is 4.98 Å². The number of nitrogens with zero attached hydrogens (tertiary/aromatic N) is 2. The van der Waals surface area contributed by atoms with Crippen LogP contribution in [0.1, 0.15) is 12.8 Å². The zero-order valence-corrected chi connectivity index (χ0v) is 20.8. The lowest BCUT2D eigenvalue weighted by atomic mass is 9.83. The molecular formula is C30H29N5O2. The zero-order valence-electron chi connectivity index (χ0n) is 20.8. The summed E-state index contributed by atoms with van der Waals surface area (Å²) in [5.41, 5.74) is 5.78. The van der Waals surface area contributed by atoms with Gasteiger partial charge in [0.25, 0.3) is 5.56 Å². The molecule has 0 saturated carbocycles. The Morgan fingerprint density at radius 1 is 0.973 bits per heavy atom. The maximum Gasteiger partial charge on any atom is 0.261 e. The van der Waals surface area contributed by atoms with Crippen LogP contribution in [0, 0.1) is 5.92 Å². The second-order valence-electron chi connectivity index (χ2n) is 10.2. The fraction of sp³-hybridized carbons (Fsp3) is 0.267. The van der Waals surface area contributed by atoms with Gasteiger partial charge in [-0.1, -0.05) is 42.5 Å². The summed E-state index contributed by atoms with van der Waals surface area (Å²) in [6, 6.07) is 22.4. The first-order valence-electron chi connectivity index (χ1n) is 13.0. The summed E-state index contributed by atoms with van der Waals surface area (Å²) in [6.07, 6.45) is 2.38. The number of nitrogens with one attached hydrogen (secondary N) is 3. The second-order valence-corrected chi connectivity index (χ2v) is 10.2. The lowest BCUT2D eigenvalue weighted by Crippen LogP contribution is -2.53. The lowest BCUT2D eigenvalue weighted by Gasteiger charge is -2.45. The van der Waals surface area contributed by atoms with Crippen LogP contribution < -0.4 is 15.6 Å². The molecular weight excluding hydrogens is 462 g/mol. The maximum atomic E-state index is 13.7. The van der Waals surface area contributed by atoms with Gasteiger partial charge in [-0.3, -0.25) is 4.79 Å². The van der Waals surface area contributed by atoms with Crippen molar-refractivity contribution in [2.24, 2.45) is 5.92 Å². The first-order chi connectivity index (χ1) is 18.2. The number of ether oxygens (including phenoxy) is 1.